The molecule has 1 aromatic heterocycles. The van der Waals surface area contributed by atoms with Crippen LogP contribution in [0.5, 0.6) is 0 Å². The van der Waals surface area contributed by atoms with Crippen LogP contribution < -0.4 is 5.32 Å². The van der Waals surface area contributed by atoms with Crippen LogP contribution in [0, 0.1) is 0 Å². The molecule has 1 N–H and O–H groups in total. The van der Waals surface area contributed by atoms with Crippen molar-refractivity contribution in [2.24, 2.45) is 0 Å². The van der Waals surface area contributed by atoms with Gasteiger partial charge >= 0.3 is 0 Å². The number of carbonyl (C=O) groups is 2. The molecule has 5 heteroatoms. The lowest BCUT2D eigenvalue weighted by Gasteiger charge is -1.94. The molecule has 0 atom stereocenters. The molecule has 0 aliphatic rings. The molecule has 2 rings (SSSR count). The number of aldehydes is 1. The fourth-order valence-corrected chi connectivity index (χ4v) is 1.62. The van der Waals surface area contributed by atoms with Crippen LogP contribution in [-0.2, 0) is 11.3 Å². The molecule has 5 nitrogen and oxygen atoms in total. The Morgan fingerprint density at radius 2 is 2.25 bits per heavy atom. The topological polar surface area (TPSA) is 64.0 Å². The number of benzene rings is 1. The van der Waals surface area contributed by atoms with Gasteiger partial charge in [0, 0.05) is 12.4 Å². The molecular weight excluding hydrogens is 206 g/mol. The van der Waals surface area contributed by atoms with Crippen LogP contribution in [-0.4, -0.2) is 29.0 Å². The molecule has 0 unspecified atom stereocenters. The predicted molar refractivity (Wildman–Crippen MR) is 59.2 cm³/mol. The summed E-state index contributed by atoms with van der Waals surface area (Å²) in [5, 5.41) is 7.40. The first-order chi connectivity index (χ1) is 7.77. The number of carbonyl (C=O) groups excluding carboxylic acids is 2. The van der Waals surface area contributed by atoms with Gasteiger partial charge in [0.05, 0.1) is 12.1 Å². The van der Waals surface area contributed by atoms with Gasteiger partial charge in [0.1, 0.15) is 6.29 Å². The van der Waals surface area contributed by atoms with E-state index < -0.39 is 0 Å². The highest BCUT2D eigenvalue weighted by atomic mass is 16.1. The van der Waals surface area contributed by atoms with Crippen molar-refractivity contribution in [1.82, 2.24) is 15.1 Å². The summed E-state index contributed by atoms with van der Waals surface area (Å²) in [7, 11) is 1.55. The van der Waals surface area contributed by atoms with E-state index in [1.54, 1.807) is 7.05 Å². The smallest absolute Gasteiger partial charge is 0.272 e. The zero-order valence-corrected chi connectivity index (χ0v) is 8.80. The zero-order valence-electron chi connectivity index (χ0n) is 8.80. The second-order valence-electron chi connectivity index (χ2n) is 3.29. The third-order valence-corrected chi connectivity index (χ3v) is 2.35. The van der Waals surface area contributed by atoms with Crippen LogP contribution >= 0.6 is 0 Å². The van der Waals surface area contributed by atoms with Gasteiger partial charge in [-0.05, 0) is 6.07 Å². The van der Waals surface area contributed by atoms with Gasteiger partial charge in [-0.3, -0.25) is 9.48 Å². The minimum atomic E-state index is -0.249. The summed E-state index contributed by atoms with van der Waals surface area (Å²) in [6, 6.07) is 7.33. The molecule has 0 bridgehead atoms. The van der Waals surface area contributed by atoms with E-state index >= 15 is 0 Å². The van der Waals surface area contributed by atoms with Crippen LogP contribution in [0.25, 0.3) is 10.9 Å². The Balaban J connectivity index is 2.66. The summed E-state index contributed by atoms with van der Waals surface area (Å²) in [4.78, 5) is 22.1. The minimum absolute atomic E-state index is 0.150. The van der Waals surface area contributed by atoms with Crippen LogP contribution in [0.4, 0.5) is 0 Å². The molecule has 0 aliphatic heterocycles. The predicted octanol–water partition coefficient (Wildman–Crippen LogP) is 0.595. The molecule has 1 heterocycles. The summed E-state index contributed by atoms with van der Waals surface area (Å²) >= 11 is 0. The highest BCUT2D eigenvalue weighted by Crippen LogP contribution is 2.17. The number of hydrogen-bond donors (Lipinski definition) is 1. The van der Waals surface area contributed by atoms with E-state index in [0.717, 1.165) is 17.2 Å². The highest BCUT2D eigenvalue weighted by molar-refractivity contribution is 6.04. The van der Waals surface area contributed by atoms with Crippen LogP contribution in [0.1, 0.15) is 10.5 Å². The van der Waals surface area contributed by atoms with E-state index in [4.69, 9.17) is 0 Å². The maximum absolute atomic E-state index is 11.6. The number of amides is 1. The standard InChI is InChI=1S/C11H11N3O2/c1-12-11(16)10-8-4-2-3-5-9(8)14(13-10)6-7-15/h2-5,7H,6H2,1H3,(H,12,16). The van der Waals surface area contributed by atoms with Gasteiger partial charge in [-0.1, -0.05) is 18.2 Å². The molecule has 2 aromatic rings. The third kappa shape index (κ3) is 1.56. The molecule has 82 valence electrons. The summed E-state index contributed by atoms with van der Waals surface area (Å²) < 4.78 is 1.52. The Morgan fingerprint density at radius 1 is 1.50 bits per heavy atom. The zero-order chi connectivity index (χ0) is 11.5. The normalized spacial score (nSPS) is 10.3. The number of nitrogens with one attached hydrogen (secondary N) is 1. The summed E-state index contributed by atoms with van der Waals surface area (Å²) in [5.74, 6) is -0.249. The fourth-order valence-electron chi connectivity index (χ4n) is 1.62. The highest BCUT2D eigenvalue weighted by Gasteiger charge is 2.14. The Bertz CT molecular complexity index is 545. The van der Waals surface area contributed by atoms with Gasteiger partial charge in [-0.25, -0.2) is 0 Å². The van der Waals surface area contributed by atoms with E-state index in [1.807, 2.05) is 24.3 Å². The van der Waals surface area contributed by atoms with Crippen molar-refractivity contribution in [1.29, 1.82) is 0 Å². The number of fused-ring (bicyclic) bond motifs is 1. The van der Waals surface area contributed by atoms with E-state index in [0.29, 0.717) is 5.69 Å². The van der Waals surface area contributed by atoms with E-state index in [1.165, 1.54) is 4.68 Å². The number of nitrogens with zero attached hydrogens (tertiary/aromatic N) is 2. The molecule has 0 spiro atoms. The van der Waals surface area contributed by atoms with Gasteiger partial charge in [-0.2, -0.15) is 5.10 Å². The second-order valence-corrected chi connectivity index (χ2v) is 3.29. The van der Waals surface area contributed by atoms with Crippen molar-refractivity contribution in [3.8, 4) is 0 Å². The average Bonchev–Trinajstić information content (AvgIpc) is 2.68. The van der Waals surface area contributed by atoms with E-state index in [9.17, 15) is 9.59 Å². The Hall–Kier alpha value is -2.17. The molecule has 0 saturated heterocycles. The Labute approximate surface area is 92.1 Å². The maximum Gasteiger partial charge on any atom is 0.272 e. The van der Waals surface area contributed by atoms with Crippen LogP contribution in [0.2, 0.25) is 0 Å². The van der Waals surface area contributed by atoms with Crippen LogP contribution in [0.3, 0.4) is 0 Å². The number of para-hydroxylation sites is 1. The lowest BCUT2D eigenvalue weighted by Crippen LogP contribution is -2.19. The lowest BCUT2D eigenvalue weighted by atomic mass is 10.2. The van der Waals surface area contributed by atoms with Crippen molar-refractivity contribution in [2.45, 2.75) is 6.54 Å². The van der Waals surface area contributed by atoms with Crippen molar-refractivity contribution in [2.75, 3.05) is 7.05 Å². The fraction of sp³-hybridized carbons (Fsp3) is 0.182. The van der Waals surface area contributed by atoms with Gasteiger partial charge < -0.3 is 10.1 Å². The molecule has 1 aromatic carbocycles. The minimum Gasteiger partial charge on any atom is -0.354 e. The van der Waals surface area contributed by atoms with E-state index in [2.05, 4.69) is 10.4 Å². The van der Waals surface area contributed by atoms with Crippen LogP contribution in [0.15, 0.2) is 24.3 Å². The van der Waals surface area contributed by atoms with Crippen molar-refractivity contribution in [3.63, 3.8) is 0 Å². The molecule has 1 amide bonds. The van der Waals surface area contributed by atoms with Crippen molar-refractivity contribution >= 4 is 23.1 Å². The van der Waals surface area contributed by atoms with Gasteiger partial charge in [0.2, 0.25) is 0 Å². The number of aromatic nitrogens is 2. The molecule has 0 radical (unpaired) electrons. The first-order valence-electron chi connectivity index (χ1n) is 4.89. The number of rotatable bonds is 3. The molecule has 0 saturated carbocycles. The number of hydrogen-bond acceptors (Lipinski definition) is 3. The van der Waals surface area contributed by atoms with Gasteiger partial charge in [0.15, 0.2) is 5.69 Å². The maximum atomic E-state index is 11.6. The van der Waals surface area contributed by atoms with Gasteiger partial charge in [-0.15, -0.1) is 0 Å². The second kappa shape index (κ2) is 4.14. The summed E-state index contributed by atoms with van der Waals surface area (Å²) in [5.41, 5.74) is 1.13. The monoisotopic (exact) mass is 217 g/mol. The van der Waals surface area contributed by atoms with Gasteiger partial charge in [0.25, 0.3) is 5.91 Å². The SMILES string of the molecule is CNC(=O)c1nn(CC=O)c2ccccc12. The molecule has 0 aliphatic carbocycles. The quantitative estimate of drug-likeness (QED) is 0.765. The summed E-state index contributed by atoms with van der Waals surface area (Å²) in [6.07, 6.45) is 0.757. The molecule has 0 fully saturated rings. The largest absolute Gasteiger partial charge is 0.354 e. The van der Waals surface area contributed by atoms with E-state index in [-0.39, 0.29) is 12.5 Å². The lowest BCUT2D eigenvalue weighted by molar-refractivity contribution is -0.108. The van der Waals surface area contributed by atoms with Crippen molar-refractivity contribution in [3.05, 3.63) is 30.0 Å². The third-order valence-electron chi connectivity index (χ3n) is 2.35. The van der Waals surface area contributed by atoms with Crippen molar-refractivity contribution < 1.29 is 9.59 Å². The Kier molecular flexibility index (Phi) is 2.68. The molecule has 16 heavy (non-hydrogen) atoms. The first kappa shape index (κ1) is 10.4. The Morgan fingerprint density at radius 3 is 2.94 bits per heavy atom. The average molecular weight is 217 g/mol. The summed E-state index contributed by atoms with van der Waals surface area (Å²) in [6.45, 7) is 0.150. The molecular formula is C11H11N3O2. The first-order valence-corrected chi connectivity index (χ1v) is 4.89.